The fourth-order valence-corrected chi connectivity index (χ4v) is 2.21. The average Bonchev–Trinajstić information content (AvgIpc) is 2.00. The molecule has 11 heavy (non-hydrogen) atoms. The summed E-state index contributed by atoms with van der Waals surface area (Å²) in [6, 6.07) is 0. The Hall–Kier alpha value is 0.400. The van der Waals surface area contributed by atoms with Crippen molar-refractivity contribution in [1.82, 2.24) is 0 Å². The van der Waals surface area contributed by atoms with Crippen LogP contribution in [0.1, 0.15) is 19.8 Å². The first-order valence-electron chi connectivity index (χ1n) is 3.79. The number of unbranched alkanes of at least 4 members (excludes halogenated alkanes) is 1. The van der Waals surface area contributed by atoms with E-state index in [-0.39, 0.29) is 5.88 Å². The van der Waals surface area contributed by atoms with E-state index in [1.807, 2.05) is 0 Å². The van der Waals surface area contributed by atoms with Crippen LogP contribution in [0.4, 0.5) is 0 Å². The van der Waals surface area contributed by atoms with Gasteiger partial charge >= 0.3 is 0 Å². The van der Waals surface area contributed by atoms with E-state index in [1.54, 1.807) is 0 Å². The first kappa shape index (κ1) is 11.4. The van der Waals surface area contributed by atoms with E-state index in [0.717, 1.165) is 12.8 Å². The molecule has 2 atom stereocenters. The van der Waals surface area contributed by atoms with E-state index in [2.05, 4.69) is 6.92 Å². The summed E-state index contributed by atoms with van der Waals surface area (Å²) >= 11 is 5.35. The Kier molecular flexibility index (Phi) is 7.33. The Morgan fingerprint density at radius 1 is 1.64 bits per heavy atom. The molecule has 2 nitrogen and oxygen atoms in total. The van der Waals surface area contributed by atoms with Crippen LogP contribution in [0.15, 0.2) is 0 Å². The van der Waals surface area contributed by atoms with Gasteiger partial charge in [0, 0.05) is 22.4 Å². The molecule has 0 bridgehead atoms. The van der Waals surface area contributed by atoms with Crippen LogP contribution in [0.25, 0.3) is 0 Å². The maximum absolute atomic E-state index is 11.1. The van der Waals surface area contributed by atoms with Crippen LogP contribution in [0, 0.1) is 0 Å². The van der Waals surface area contributed by atoms with Gasteiger partial charge in [-0.2, -0.15) is 0 Å². The predicted octanol–water partition coefficient (Wildman–Crippen LogP) is 1.13. The number of aliphatic hydroxyl groups excluding tert-OH is 1. The van der Waals surface area contributed by atoms with Crippen molar-refractivity contribution in [2.75, 3.05) is 17.4 Å². The Morgan fingerprint density at radius 3 is 2.73 bits per heavy atom. The number of hydrogen-bond donors (Lipinski definition) is 1. The Morgan fingerprint density at radius 2 is 2.27 bits per heavy atom. The lowest BCUT2D eigenvalue weighted by Gasteiger charge is -2.05. The Bertz CT molecular complexity index is 119. The lowest BCUT2D eigenvalue weighted by molar-refractivity contribution is 0.222. The summed E-state index contributed by atoms with van der Waals surface area (Å²) in [5.41, 5.74) is 0. The first-order valence-corrected chi connectivity index (χ1v) is 5.82. The second-order valence-electron chi connectivity index (χ2n) is 2.47. The third-order valence-corrected chi connectivity index (χ3v) is 3.14. The monoisotopic (exact) mass is 198 g/mol. The third kappa shape index (κ3) is 6.78. The third-order valence-electron chi connectivity index (χ3n) is 1.28. The lowest BCUT2D eigenvalue weighted by Crippen LogP contribution is -2.19. The minimum Gasteiger partial charge on any atom is -0.391 e. The summed E-state index contributed by atoms with van der Waals surface area (Å²) in [6.07, 6.45) is 1.40. The van der Waals surface area contributed by atoms with Gasteiger partial charge in [-0.15, -0.1) is 11.6 Å². The van der Waals surface area contributed by atoms with E-state index in [4.69, 9.17) is 16.7 Å². The van der Waals surface area contributed by atoms with Crippen LogP contribution < -0.4 is 0 Å². The molecule has 0 rings (SSSR count). The van der Waals surface area contributed by atoms with Crippen LogP contribution >= 0.6 is 11.6 Å². The van der Waals surface area contributed by atoms with Crippen LogP contribution in [0.2, 0.25) is 0 Å². The summed E-state index contributed by atoms with van der Waals surface area (Å²) in [6.45, 7) is 2.05. The number of aliphatic hydroxyl groups is 1. The van der Waals surface area contributed by atoms with E-state index in [0.29, 0.717) is 11.5 Å². The van der Waals surface area contributed by atoms with Crippen LogP contribution in [0.3, 0.4) is 0 Å². The normalized spacial score (nSPS) is 16.3. The van der Waals surface area contributed by atoms with Crippen molar-refractivity contribution in [3.05, 3.63) is 0 Å². The van der Waals surface area contributed by atoms with Gasteiger partial charge in [-0.25, -0.2) is 0 Å². The molecule has 4 heteroatoms. The standard InChI is InChI=1S/C7H15ClO2S/c1-2-3-4-11(10)6-7(9)5-8/h7,9H,2-6H2,1H3/t7-,11+/m0/s1. The molecule has 0 radical (unpaired) electrons. The fourth-order valence-electron chi connectivity index (χ4n) is 0.648. The molecular formula is C7H15ClO2S. The average molecular weight is 199 g/mol. The van der Waals surface area contributed by atoms with Crippen molar-refractivity contribution in [2.24, 2.45) is 0 Å². The number of hydrogen-bond acceptors (Lipinski definition) is 2. The fraction of sp³-hybridized carbons (Fsp3) is 1.00. The van der Waals surface area contributed by atoms with Gasteiger partial charge in [0.1, 0.15) is 0 Å². The van der Waals surface area contributed by atoms with Gasteiger partial charge in [0.2, 0.25) is 0 Å². The highest BCUT2D eigenvalue weighted by molar-refractivity contribution is 7.85. The zero-order valence-electron chi connectivity index (χ0n) is 6.75. The molecule has 0 spiro atoms. The number of alkyl halides is 1. The Labute approximate surface area is 75.4 Å². The quantitative estimate of drug-likeness (QED) is 0.650. The molecule has 0 saturated heterocycles. The molecule has 0 amide bonds. The topological polar surface area (TPSA) is 37.3 Å². The van der Waals surface area contributed by atoms with Crippen molar-refractivity contribution in [3.63, 3.8) is 0 Å². The van der Waals surface area contributed by atoms with Crippen molar-refractivity contribution in [3.8, 4) is 0 Å². The maximum atomic E-state index is 11.1. The highest BCUT2D eigenvalue weighted by Crippen LogP contribution is 1.96. The largest absolute Gasteiger partial charge is 0.391 e. The highest BCUT2D eigenvalue weighted by Gasteiger charge is 2.06. The molecule has 0 fully saturated rings. The SMILES string of the molecule is CCCC[S@@](=O)C[C@@H](O)CCl. The van der Waals surface area contributed by atoms with Crippen LogP contribution in [-0.2, 0) is 10.8 Å². The van der Waals surface area contributed by atoms with E-state index >= 15 is 0 Å². The molecule has 0 aliphatic rings. The van der Waals surface area contributed by atoms with E-state index in [9.17, 15) is 4.21 Å². The van der Waals surface area contributed by atoms with Gasteiger partial charge in [-0.3, -0.25) is 4.21 Å². The number of rotatable bonds is 6. The van der Waals surface area contributed by atoms with E-state index < -0.39 is 16.9 Å². The van der Waals surface area contributed by atoms with Gasteiger partial charge in [-0.1, -0.05) is 13.3 Å². The van der Waals surface area contributed by atoms with Gasteiger partial charge in [-0.05, 0) is 6.42 Å². The molecule has 0 aromatic carbocycles. The van der Waals surface area contributed by atoms with Gasteiger partial charge < -0.3 is 5.11 Å². The van der Waals surface area contributed by atoms with Gasteiger partial charge in [0.05, 0.1) is 11.9 Å². The van der Waals surface area contributed by atoms with Crippen molar-refractivity contribution in [2.45, 2.75) is 25.9 Å². The van der Waals surface area contributed by atoms with Crippen molar-refractivity contribution < 1.29 is 9.32 Å². The molecule has 0 unspecified atom stereocenters. The van der Waals surface area contributed by atoms with Crippen LogP contribution in [0.5, 0.6) is 0 Å². The molecule has 0 aromatic heterocycles. The van der Waals surface area contributed by atoms with E-state index in [1.165, 1.54) is 0 Å². The van der Waals surface area contributed by atoms with Crippen LogP contribution in [-0.4, -0.2) is 32.8 Å². The highest BCUT2D eigenvalue weighted by atomic mass is 35.5. The first-order chi connectivity index (χ1) is 5.20. The molecule has 0 aromatic rings. The van der Waals surface area contributed by atoms with Gasteiger partial charge in [0.25, 0.3) is 0 Å². The molecule has 0 aliphatic carbocycles. The zero-order valence-corrected chi connectivity index (χ0v) is 8.33. The Balaban J connectivity index is 3.36. The predicted molar refractivity (Wildman–Crippen MR) is 49.5 cm³/mol. The summed E-state index contributed by atoms with van der Waals surface area (Å²) in [5.74, 6) is 1.19. The number of halogens is 1. The molecule has 68 valence electrons. The molecule has 1 N–H and O–H groups in total. The molecular weight excluding hydrogens is 184 g/mol. The minimum absolute atomic E-state index is 0.178. The second-order valence-corrected chi connectivity index (χ2v) is 4.40. The summed E-state index contributed by atoms with van der Waals surface area (Å²) in [4.78, 5) is 0. The molecule has 0 aliphatic heterocycles. The van der Waals surface area contributed by atoms with Crippen molar-refractivity contribution in [1.29, 1.82) is 0 Å². The summed E-state index contributed by atoms with van der Waals surface area (Å²) in [7, 11) is -0.884. The van der Waals surface area contributed by atoms with Crippen molar-refractivity contribution >= 4 is 22.4 Å². The maximum Gasteiger partial charge on any atom is 0.0790 e. The summed E-state index contributed by atoms with van der Waals surface area (Å²) in [5, 5.41) is 9.00. The second kappa shape index (κ2) is 7.07. The zero-order chi connectivity index (χ0) is 8.69. The van der Waals surface area contributed by atoms with Gasteiger partial charge in [0.15, 0.2) is 0 Å². The smallest absolute Gasteiger partial charge is 0.0790 e. The minimum atomic E-state index is -0.884. The molecule has 0 heterocycles. The lowest BCUT2D eigenvalue weighted by atomic mass is 10.4. The summed E-state index contributed by atoms with van der Waals surface area (Å²) < 4.78 is 11.1. The molecule has 0 saturated carbocycles.